The minimum absolute atomic E-state index is 0.0274. The maximum atomic E-state index is 12.7. The van der Waals surface area contributed by atoms with E-state index in [0.717, 1.165) is 59.7 Å². The van der Waals surface area contributed by atoms with Gasteiger partial charge in [-0.25, -0.2) is 8.42 Å². The van der Waals surface area contributed by atoms with Crippen LogP contribution < -0.4 is 10.2 Å². The van der Waals surface area contributed by atoms with E-state index in [0.29, 0.717) is 19.5 Å². The van der Waals surface area contributed by atoms with Crippen molar-refractivity contribution < 1.29 is 27.1 Å². The highest BCUT2D eigenvalue weighted by molar-refractivity contribution is 7.85. The molecule has 1 N–H and O–H groups in total. The van der Waals surface area contributed by atoms with Crippen LogP contribution in [-0.2, 0) is 36.9 Å². The van der Waals surface area contributed by atoms with Crippen molar-refractivity contribution in [3.8, 4) is 0 Å². The molecule has 5 aliphatic heterocycles. The van der Waals surface area contributed by atoms with Crippen molar-refractivity contribution in [2.24, 2.45) is 5.11 Å². The lowest BCUT2D eigenvalue weighted by Crippen LogP contribution is -2.47. The fraction of sp³-hybridized carbons (Fsp3) is 0.471. The molecule has 240 valence electrons. The Morgan fingerprint density at radius 3 is 2.70 bits per heavy atom. The predicted octanol–water partition coefficient (Wildman–Crippen LogP) is 4.88. The van der Waals surface area contributed by atoms with Crippen LogP contribution in [0.5, 0.6) is 0 Å². The van der Waals surface area contributed by atoms with Crippen LogP contribution in [0.4, 0.5) is 11.4 Å². The number of carbonyl (C=O) groups is 1. The molecule has 2 aromatic carbocycles. The Labute approximate surface area is 269 Å². The minimum atomic E-state index is -4.58. The number of carbonyl (C=O) groups excluding carboxylic acids is 1. The number of allylic oxidation sites excluding steroid dienone is 1. The Kier molecular flexibility index (Phi) is 7.21. The zero-order chi connectivity index (χ0) is 32.6. The molecular formula is C34H38N6O5S. The van der Waals surface area contributed by atoms with Gasteiger partial charge in [0, 0.05) is 70.5 Å². The molecule has 2 aromatic rings. The molecule has 11 nitrogen and oxygen atoms in total. The van der Waals surface area contributed by atoms with Crippen LogP contribution in [-0.4, -0.2) is 67.6 Å². The first-order valence-corrected chi connectivity index (χ1v) is 17.3. The summed E-state index contributed by atoms with van der Waals surface area (Å²) in [7, 11) is -4.58. The lowest BCUT2D eigenvalue weighted by atomic mass is 9.74. The number of ether oxygens (including phenoxy) is 1. The molecule has 0 spiro atoms. The highest BCUT2D eigenvalue weighted by atomic mass is 32.2. The monoisotopic (exact) mass is 642 g/mol. The zero-order valence-electron chi connectivity index (χ0n) is 26.5. The number of hydrogen-bond acceptors (Lipinski definition) is 7. The Morgan fingerprint density at radius 1 is 1.13 bits per heavy atom. The van der Waals surface area contributed by atoms with Gasteiger partial charge in [-0.1, -0.05) is 31.1 Å². The number of anilines is 1. The summed E-state index contributed by atoms with van der Waals surface area (Å²) in [4.78, 5) is 17.6. The molecule has 0 aromatic heterocycles. The molecule has 2 atom stereocenters. The number of amides is 1. The number of azide groups is 1. The average Bonchev–Trinajstić information content (AvgIpc) is 3.38. The van der Waals surface area contributed by atoms with Gasteiger partial charge in [0.2, 0.25) is 11.6 Å². The van der Waals surface area contributed by atoms with E-state index < -0.39 is 15.5 Å². The summed E-state index contributed by atoms with van der Waals surface area (Å²) in [6.07, 6.45) is 4.79. The van der Waals surface area contributed by atoms with E-state index in [1.54, 1.807) is 12.1 Å². The van der Waals surface area contributed by atoms with Crippen molar-refractivity contribution in [3.63, 3.8) is 0 Å². The molecule has 12 heteroatoms. The van der Waals surface area contributed by atoms with Gasteiger partial charge in [-0.15, -0.1) is 0 Å². The van der Waals surface area contributed by atoms with Crippen molar-refractivity contribution in [2.45, 2.75) is 81.3 Å². The van der Waals surface area contributed by atoms with E-state index in [9.17, 15) is 17.8 Å². The molecule has 7 rings (SSSR count). The average molecular weight is 643 g/mol. The third-order valence-electron chi connectivity index (χ3n) is 10.3. The Morgan fingerprint density at radius 2 is 1.93 bits per heavy atom. The van der Waals surface area contributed by atoms with Crippen LogP contribution in [0.2, 0.25) is 0 Å². The van der Waals surface area contributed by atoms with Crippen molar-refractivity contribution in [1.29, 1.82) is 0 Å². The highest BCUT2D eigenvalue weighted by Gasteiger charge is 2.54. The lowest BCUT2D eigenvalue weighted by molar-refractivity contribution is -0.445. The van der Waals surface area contributed by atoms with E-state index in [4.69, 9.17) is 10.3 Å². The molecule has 0 radical (unpaired) electrons. The summed E-state index contributed by atoms with van der Waals surface area (Å²) in [5.41, 5.74) is 17.2. The first-order chi connectivity index (χ1) is 21.8. The van der Waals surface area contributed by atoms with Crippen LogP contribution in [0.3, 0.4) is 0 Å². The van der Waals surface area contributed by atoms with Gasteiger partial charge in [-0.2, -0.15) is 4.58 Å². The van der Waals surface area contributed by atoms with Crippen LogP contribution in [0.25, 0.3) is 10.4 Å². The summed E-state index contributed by atoms with van der Waals surface area (Å²) in [5.74, 6) is -0.0630. The largest absolute Gasteiger partial charge is 0.744 e. The summed E-state index contributed by atoms with van der Waals surface area (Å²) >= 11 is 0. The number of nitrogens with zero attached hydrogens (tertiary/aromatic N) is 5. The molecule has 5 heterocycles. The van der Waals surface area contributed by atoms with Crippen molar-refractivity contribution >= 4 is 33.1 Å². The normalized spacial score (nSPS) is 23.3. The van der Waals surface area contributed by atoms with Gasteiger partial charge in [-0.3, -0.25) is 4.79 Å². The van der Waals surface area contributed by atoms with Gasteiger partial charge < -0.3 is 19.5 Å². The van der Waals surface area contributed by atoms with E-state index >= 15 is 0 Å². The topological polar surface area (TPSA) is 151 Å². The van der Waals surface area contributed by atoms with E-state index in [1.165, 1.54) is 22.9 Å². The molecule has 46 heavy (non-hydrogen) atoms. The fourth-order valence-corrected chi connectivity index (χ4v) is 8.75. The van der Waals surface area contributed by atoms with Gasteiger partial charge in [0.1, 0.15) is 10.1 Å². The Balaban J connectivity index is 1.24. The van der Waals surface area contributed by atoms with Gasteiger partial charge in [0.05, 0.1) is 28.9 Å². The predicted molar refractivity (Wildman–Crippen MR) is 172 cm³/mol. The van der Waals surface area contributed by atoms with Crippen LogP contribution in [0, 0.1) is 0 Å². The second-order valence-corrected chi connectivity index (χ2v) is 15.2. The standard InChI is InChI=1S/C34H38N6O5S/c1-33(2)24-16-20(17-30(41)36-12-5-13-37-38-35)6-8-26(24)39-14-10-28-22(31(33)39)19-23-29(45-28)11-15-40-27-9-7-21(46(42,43)44)18-25(27)34(3,4)32(23)40/h6-9,16,18-19,28-29H,5,10-15,17H2,1-4H3,(H-,36,41,42,43,44). The van der Waals surface area contributed by atoms with Crippen LogP contribution in [0.15, 0.2) is 69.3 Å². The molecule has 0 saturated heterocycles. The fourth-order valence-electron chi connectivity index (χ4n) is 8.25. The molecule has 5 aliphatic rings. The summed E-state index contributed by atoms with van der Waals surface area (Å²) in [6, 6.07) is 11.1. The van der Waals surface area contributed by atoms with Crippen molar-refractivity contribution in [1.82, 2.24) is 5.32 Å². The zero-order valence-corrected chi connectivity index (χ0v) is 27.4. The first kappa shape index (κ1) is 30.7. The number of fused-ring (bicyclic) bond motifs is 8. The third kappa shape index (κ3) is 4.78. The molecule has 0 fully saturated rings. The van der Waals surface area contributed by atoms with Gasteiger partial charge in [0.15, 0.2) is 12.3 Å². The summed E-state index contributed by atoms with van der Waals surface area (Å²) < 4.78 is 44.9. The molecule has 0 saturated carbocycles. The first-order valence-electron chi connectivity index (χ1n) is 15.9. The SMILES string of the molecule is CC1(C)C2=C3C=C4C5=[N+](CCC4OC3CCN2c2ccc(CC(=O)NCCCN=[N+]=[N-])cc21)c1ccc(S(=O)(=O)[O-])cc1C5(C)C. The van der Waals surface area contributed by atoms with Gasteiger partial charge in [-0.05, 0) is 67.6 Å². The highest BCUT2D eigenvalue weighted by Crippen LogP contribution is 2.54. The smallest absolute Gasteiger partial charge is 0.224 e. The molecule has 0 bridgehead atoms. The van der Waals surface area contributed by atoms with E-state index in [-0.39, 0.29) is 34.8 Å². The molecular weight excluding hydrogens is 604 g/mol. The van der Waals surface area contributed by atoms with E-state index in [1.807, 2.05) is 6.07 Å². The number of nitrogens with one attached hydrogen (secondary N) is 1. The maximum absolute atomic E-state index is 12.7. The second kappa shape index (κ2) is 10.8. The van der Waals surface area contributed by atoms with Crippen molar-refractivity contribution in [3.05, 3.63) is 86.5 Å². The van der Waals surface area contributed by atoms with Crippen LogP contribution >= 0.6 is 0 Å². The Hall–Kier alpha value is -3.96. The summed E-state index contributed by atoms with van der Waals surface area (Å²) in [6.45, 7) is 11.1. The molecule has 2 unspecified atom stereocenters. The number of hydrogen-bond donors (Lipinski definition) is 1. The van der Waals surface area contributed by atoms with Crippen LogP contribution in [0.1, 0.15) is 63.6 Å². The number of rotatable bonds is 7. The molecule has 0 aliphatic carbocycles. The van der Waals surface area contributed by atoms with Crippen molar-refractivity contribution in [2.75, 3.05) is 31.1 Å². The van der Waals surface area contributed by atoms with E-state index in [2.05, 4.69) is 70.7 Å². The Bertz CT molecular complexity index is 1940. The molecule has 1 amide bonds. The summed E-state index contributed by atoms with van der Waals surface area (Å²) in [5, 5.41) is 6.43. The van der Waals surface area contributed by atoms with Gasteiger partial charge in [0.25, 0.3) is 0 Å². The second-order valence-electron chi connectivity index (χ2n) is 13.8. The third-order valence-corrected chi connectivity index (χ3v) is 11.1. The number of benzene rings is 2. The maximum Gasteiger partial charge on any atom is 0.224 e. The minimum Gasteiger partial charge on any atom is -0.744 e. The lowest BCUT2D eigenvalue weighted by Gasteiger charge is -2.42. The quantitative estimate of drug-likeness (QED) is 0.114. The van der Waals surface area contributed by atoms with Gasteiger partial charge >= 0.3 is 0 Å².